The minimum atomic E-state index is 0.187. The molecule has 5 nitrogen and oxygen atoms in total. The fourth-order valence-corrected chi connectivity index (χ4v) is 1.77. The highest BCUT2D eigenvalue weighted by Gasteiger charge is 2.13. The zero-order valence-corrected chi connectivity index (χ0v) is 9.69. The zero-order valence-electron chi connectivity index (χ0n) is 9.69. The summed E-state index contributed by atoms with van der Waals surface area (Å²) in [6.45, 7) is 6.88. The van der Waals surface area contributed by atoms with Crippen LogP contribution in [0, 0.1) is 0 Å². The van der Waals surface area contributed by atoms with E-state index in [0.717, 1.165) is 31.9 Å². The first-order valence-corrected chi connectivity index (χ1v) is 5.79. The maximum Gasteiger partial charge on any atom is 0.0948 e. The van der Waals surface area contributed by atoms with Crippen LogP contribution in [-0.2, 0) is 22.6 Å². The Labute approximate surface area is 95.8 Å². The largest absolute Gasteiger partial charge is 0.373 e. The van der Waals surface area contributed by atoms with E-state index < -0.39 is 0 Å². The van der Waals surface area contributed by atoms with Crippen molar-refractivity contribution < 1.29 is 9.47 Å². The van der Waals surface area contributed by atoms with Crippen LogP contribution in [-0.4, -0.2) is 42.0 Å². The minimum absolute atomic E-state index is 0.187. The van der Waals surface area contributed by atoms with E-state index in [1.807, 2.05) is 12.5 Å². The van der Waals surface area contributed by atoms with Gasteiger partial charge in [-0.15, -0.1) is 0 Å². The molecule has 1 N–H and O–H groups in total. The number of hydrogen-bond donors (Lipinski definition) is 1. The van der Waals surface area contributed by atoms with Crippen LogP contribution in [0.1, 0.15) is 12.6 Å². The molecule has 90 valence electrons. The predicted molar refractivity (Wildman–Crippen MR) is 60.2 cm³/mol. The highest BCUT2D eigenvalue weighted by Crippen LogP contribution is 2.03. The van der Waals surface area contributed by atoms with E-state index in [-0.39, 0.29) is 6.10 Å². The molecule has 2 heterocycles. The second-order valence-electron chi connectivity index (χ2n) is 3.88. The predicted octanol–water partition coefficient (Wildman–Crippen LogP) is 0.408. The van der Waals surface area contributed by atoms with Gasteiger partial charge in [-0.3, -0.25) is 0 Å². The first-order chi connectivity index (χ1) is 7.90. The molecule has 0 bridgehead atoms. The topological polar surface area (TPSA) is 48.3 Å². The van der Waals surface area contributed by atoms with Crippen molar-refractivity contribution in [2.75, 3.05) is 26.3 Å². The Hall–Kier alpha value is -0.910. The molecule has 1 unspecified atom stereocenters. The van der Waals surface area contributed by atoms with Gasteiger partial charge in [-0.2, -0.15) is 0 Å². The summed E-state index contributed by atoms with van der Waals surface area (Å²) in [4.78, 5) is 4.10. The van der Waals surface area contributed by atoms with E-state index in [0.29, 0.717) is 13.2 Å². The van der Waals surface area contributed by atoms with Crippen LogP contribution in [0.25, 0.3) is 0 Å². The van der Waals surface area contributed by atoms with Crippen molar-refractivity contribution in [3.8, 4) is 0 Å². The molecule has 1 aliphatic heterocycles. The van der Waals surface area contributed by atoms with Gasteiger partial charge in [-0.05, 0) is 6.92 Å². The molecule has 0 aliphatic carbocycles. The average Bonchev–Trinajstić information content (AvgIpc) is 2.78. The summed E-state index contributed by atoms with van der Waals surface area (Å²) in [6.07, 6.45) is 3.87. The van der Waals surface area contributed by atoms with E-state index in [1.165, 1.54) is 0 Å². The van der Waals surface area contributed by atoms with Gasteiger partial charge in [-0.1, -0.05) is 0 Å². The average molecular weight is 225 g/mol. The monoisotopic (exact) mass is 225 g/mol. The molecular formula is C11H19N3O2. The van der Waals surface area contributed by atoms with E-state index in [2.05, 4.69) is 21.8 Å². The molecule has 1 atom stereocenters. The molecule has 1 saturated heterocycles. The van der Waals surface area contributed by atoms with Gasteiger partial charge in [0.25, 0.3) is 0 Å². The van der Waals surface area contributed by atoms with E-state index in [4.69, 9.17) is 9.47 Å². The van der Waals surface area contributed by atoms with Crippen molar-refractivity contribution in [3.05, 3.63) is 18.2 Å². The number of aryl methyl sites for hydroxylation is 1. The lowest BCUT2D eigenvalue weighted by atomic mass is 10.3. The van der Waals surface area contributed by atoms with Gasteiger partial charge >= 0.3 is 0 Å². The Morgan fingerprint density at radius 3 is 3.38 bits per heavy atom. The van der Waals surface area contributed by atoms with Crippen molar-refractivity contribution >= 4 is 0 Å². The molecule has 1 aromatic heterocycles. The second-order valence-corrected chi connectivity index (χ2v) is 3.88. The van der Waals surface area contributed by atoms with E-state index in [1.54, 1.807) is 0 Å². The molecule has 2 rings (SSSR count). The van der Waals surface area contributed by atoms with E-state index in [9.17, 15) is 0 Å². The molecule has 1 aromatic rings. The van der Waals surface area contributed by atoms with Gasteiger partial charge in [-0.25, -0.2) is 4.98 Å². The number of ether oxygens (including phenoxy) is 2. The van der Waals surface area contributed by atoms with Gasteiger partial charge in [0.2, 0.25) is 0 Å². The smallest absolute Gasteiger partial charge is 0.0948 e. The van der Waals surface area contributed by atoms with Crippen LogP contribution in [0.15, 0.2) is 12.5 Å². The lowest BCUT2D eigenvalue weighted by Gasteiger charge is -2.23. The van der Waals surface area contributed by atoms with Crippen LogP contribution < -0.4 is 5.32 Å². The van der Waals surface area contributed by atoms with Gasteiger partial charge in [0.15, 0.2) is 0 Å². The van der Waals surface area contributed by atoms with Crippen LogP contribution in [0.3, 0.4) is 0 Å². The molecular weight excluding hydrogens is 206 g/mol. The fourth-order valence-electron chi connectivity index (χ4n) is 1.77. The van der Waals surface area contributed by atoms with Gasteiger partial charge < -0.3 is 19.4 Å². The lowest BCUT2D eigenvalue weighted by Crippen LogP contribution is -2.41. The molecule has 5 heteroatoms. The Balaban J connectivity index is 1.71. The summed E-state index contributed by atoms with van der Waals surface area (Å²) in [5.74, 6) is 0. The van der Waals surface area contributed by atoms with Crippen LogP contribution >= 0.6 is 0 Å². The van der Waals surface area contributed by atoms with Crippen molar-refractivity contribution in [3.63, 3.8) is 0 Å². The number of nitrogens with zero attached hydrogens (tertiary/aromatic N) is 2. The van der Waals surface area contributed by atoms with Crippen molar-refractivity contribution in [2.45, 2.75) is 26.2 Å². The molecule has 0 amide bonds. The standard InChI is InChI=1S/C11H19N3O2/c1-2-14-9-13-5-10(14)7-15-8-11-6-12-3-4-16-11/h5,9,11-12H,2-4,6-8H2,1H3. The number of aromatic nitrogens is 2. The Morgan fingerprint density at radius 2 is 2.62 bits per heavy atom. The number of nitrogens with one attached hydrogen (secondary N) is 1. The summed E-state index contributed by atoms with van der Waals surface area (Å²) in [6, 6.07) is 0. The lowest BCUT2D eigenvalue weighted by molar-refractivity contribution is -0.0367. The third kappa shape index (κ3) is 3.04. The molecule has 16 heavy (non-hydrogen) atoms. The SMILES string of the molecule is CCn1cncc1COCC1CNCCO1. The van der Waals surface area contributed by atoms with Gasteiger partial charge in [0.1, 0.15) is 0 Å². The summed E-state index contributed by atoms with van der Waals surface area (Å²) in [5, 5.41) is 3.28. The van der Waals surface area contributed by atoms with Crippen molar-refractivity contribution in [2.24, 2.45) is 0 Å². The first kappa shape index (κ1) is 11.6. The molecule has 0 aromatic carbocycles. The summed E-state index contributed by atoms with van der Waals surface area (Å²) in [5.41, 5.74) is 1.12. The molecule has 0 spiro atoms. The molecule has 1 aliphatic rings. The Morgan fingerprint density at radius 1 is 1.69 bits per heavy atom. The van der Waals surface area contributed by atoms with Crippen molar-refractivity contribution in [1.29, 1.82) is 0 Å². The fraction of sp³-hybridized carbons (Fsp3) is 0.727. The molecule has 1 fully saturated rings. The van der Waals surface area contributed by atoms with Crippen LogP contribution in [0.4, 0.5) is 0 Å². The maximum absolute atomic E-state index is 5.63. The molecule has 0 radical (unpaired) electrons. The quantitative estimate of drug-likeness (QED) is 0.788. The zero-order chi connectivity index (χ0) is 11.2. The normalized spacial score (nSPS) is 21.2. The summed E-state index contributed by atoms with van der Waals surface area (Å²) >= 11 is 0. The van der Waals surface area contributed by atoms with Crippen molar-refractivity contribution in [1.82, 2.24) is 14.9 Å². The minimum Gasteiger partial charge on any atom is -0.373 e. The van der Waals surface area contributed by atoms with Gasteiger partial charge in [0.05, 0.1) is 44.1 Å². The van der Waals surface area contributed by atoms with Crippen LogP contribution in [0.2, 0.25) is 0 Å². The third-order valence-corrected chi connectivity index (χ3v) is 2.70. The highest BCUT2D eigenvalue weighted by atomic mass is 16.5. The highest BCUT2D eigenvalue weighted by molar-refractivity contribution is 4.96. The maximum atomic E-state index is 5.63. The summed E-state index contributed by atoms with van der Waals surface area (Å²) in [7, 11) is 0. The molecule has 0 saturated carbocycles. The number of rotatable bonds is 5. The number of imidazole rings is 1. The Kier molecular flexibility index (Phi) is 4.33. The number of hydrogen-bond acceptors (Lipinski definition) is 4. The summed E-state index contributed by atoms with van der Waals surface area (Å²) < 4.78 is 13.3. The second kappa shape index (κ2) is 5.98. The third-order valence-electron chi connectivity index (χ3n) is 2.70. The van der Waals surface area contributed by atoms with Crippen LogP contribution in [0.5, 0.6) is 0 Å². The first-order valence-electron chi connectivity index (χ1n) is 5.79. The number of morpholine rings is 1. The Bertz CT molecular complexity index is 308. The van der Waals surface area contributed by atoms with E-state index >= 15 is 0 Å². The van der Waals surface area contributed by atoms with Gasteiger partial charge in [0, 0.05) is 19.6 Å².